The van der Waals surface area contributed by atoms with Gasteiger partial charge in [0.15, 0.2) is 5.82 Å². The Morgan fingerprint density at radius 2 is 1.74 bits per heavy atom. The van der Waals surface area contributed by atoms with E-state index < -0.39 is 0 Å². The van der Waals surface area contributed by atoms with Crippen molar-refractivity contribution >= 4 is 34.8 Å². The molecule has 0 fully saturated rings. The van der Waals surface area contributed by atoms with E-state index in [1.807, 2.05) is 22.8 Å². The molecule has 0 saturated heterocycles. The van der Waals surface area contributed by atoms with Gasteiger partial charge in [0.05, 0.1) is 15.7 Å². The molecule has 8 nitrogen and oxygen atoms in total. The Balaban J connectivity index is 1.49. The second kappa shape index (κ2) is 9.42. The van der Waals surface area contributed by atoms with E-state index in [1.165, 1.54) is 12.3 Å². The fourth-order valence-electron chi connectivity index (χ4n) is 3.48. The van der Waals surface area contributed by atoms with Crippen LogP contribution in [0.15, 0.2) is 70.0 Å². The number of H-pyrrole nitrogens is 1. The minimum atomic E-state index is -0.251. The number of hydrogen-bond acceptors (Lipinski definition) is 6. The molecule has 0 aliphatic carbocycles. The van der Waals surface area contributed by atoms with E-state index in [9.17, 15) is 4.79 Å². The van der Waals surface area contributed by atoms with Crippen molar-refractivity contribution in [2.24, 2.45) is 0 Å². The largest absolute Gasteiger partial charge is 0.421 e. The maximum absolute atomic E-state index is 11.6. The molecule has 11 heteroatoms. The van der Waals surface area contributed by atoms with Crippen molar-refractivity contribution < 1.29 is 4.42 Å². The molecular formula is C23H15Cl3N6O2. The van der Waals surface area contributed by atoms with Gasteiger partial charge in [-0.05, 0) is 36.4 Å². The van der Waals surface area contributed by atoms with Crippen LogP contribution < -0.4 is 5.56 Å². The van der Waals surface area contributed by atoms with E-state index in [2.05, 4.69) is 25.4 Å². The lowest BCUT2D eigenvalue weighted by molar-refractivity contribution is 0.501. The first kappa shape index (κ1) is 22.3. The van der Waals surface area contributed by atoms with Crippen molar-refractivity contribution in [3.8, 4) is 28.5 Å². The van der Waals surface area contributed by atoms with Crippen LogP contribution in [0.5, 0.6) is 0 Å². The predicted molar refractivity (Wildman–Crippen MR) is 130 cm³/mol. The maximum Gasteiger partial charge on any atom is 0.248 e. The predicted octanol–water partition coefficient (Wildman–Crippen LogP) is 5.42. The summed E-state index contributed by atoms with van der Waals surface area (Å²) in [6, 6.07) is 15.7. The van der Waals surface area contributed by atoms with Gasteiger partial charge < -0.3 is 9.40 Å². The van der Waals surface area contributed by atoms with Gasteiger partial charge in [-0.1, -0.05) is 46.9 Å². The summed E-state index contributed by atoms with van der Waals surface area (Å²) in [4.78, 5) is 14.1. The number of aromatic amines is 1. The Labute approximate surface area is 208 Å². The van der Waals surface area contributed by atoms with Gasteiger partial charge in [-0.2, -0.15) is 0 Å². The fourth-order valence-corrected chi connectivity index (χ4v) is 4.19. The number of para-hydroxylation sites is 1. The molecule has 34 heavy (non-hydrogen) atoms. The molecule has 0 atom stereocenters. The second-order valence-corrected chi connectivity index (χ2v) is 8.54. The van der Waals surface area contributed by atoms with Crippen LogP contribution in [0.4, 0.5) is 0 Å². The van der Waals surface area contributed by atoms with Gasteiger partial charge in [0.25, 0.3) is 0 Å². The molecule has 0 aliphatic rings. The molecule has 170 valence electrons. The van der Waals surface area contributed by atoms with Gasteiger partial charge in [-0.15, -0.1) is 20.4 Å². The van der Waals surface area contributed by atoms with E-state index in [-0.39, 0.29) is 11.4 Å². The summed E-state index contributed by atoms with van der Waals surface area (Å²) in [5, 5.41) is 18.4. The van der Waals surface area contributed by atoms with Gasteiger partial charge in [0, 0.05) is 41.3 Å². The van der Waals surface area contributed by atoms with Crippen molar-refractivity contribution in [1.29, 1.82) is 0 Å². The second-order valence-electron chi connectivity index (χ2n) is 7.29. The molecule has 3 heterocycles. The minimum Gasteiger partial charge on any atom is -0.421 e. The summed E-state index contributed by atoms with van der Waals surface area (Å²) in [5.41, 5.74) is 1.67. The van der Waals surface area contributed by atoms with Crippen LogP contribution >= 0.6 is 34.8 Å². The average Bonchev–Trinajstić information content (AvgIpc) is 3.45. The number of rotatable bonds is 6. The van der Waals surface area contributed by atoms with Gasteiger partial charge >= 0.3 is 0 Å². The molecule has 1 N–H and O–H groups in total. The number of aromatic nitrogens is 6. The molecule has 0 radical (unpaired) electrons. The average molecular weight is 514 g/mol. The Morgan fingerprint density at radius 3 is 2.53 bits per heavy atom. The smallest absolute Gasteiger partial charge is 0.248 e. The summed E-state index contributed by atoms with van der Waals surface area (Å²) < 4.78 is 7.60. The van der Waals surface area contributed by atoms with Crippen LogP contribution in [0.1, 0.15) is 11.7 Å². The van der Waals surface area contributed by atoms with E-state index in [4.69, 9.17) is 39.2 Å². The molecule has 0 bridgehead atoms. The fraction of sp³-hybridized carbons (Fsp3) is 0.0870. The third-order valence-corrected chi connectivity index (χ3v) is 5.91. The van der Waals surface area contributed by atoms with E-state index >= 15 is 0 Å². The van der Waals surface area contributed by atoms with E-state index in [0.29, 0.717) is 62.3 Å². The third-order valence-electron chi connectivity index (χ3n) is 5.05. The van der Waals surface area contributed by atoms with Crippen LogP contribution in [-0.2, 0) is 12.8 Å². The number of nitrogens with one attached hydrogen (secondary N) is 1. The Hall–Kier alpha value is -3.46. The number of benzene rings is 2. The van der Waals surface area contributed by atoms with Gasteiger partial charge in [-0.3, -0.25) is 9.36 Å². The Morgan fingerprint density at radius 1 is 0.882 bits per heavy atom. The van der Waals surface area contributed by atoms with Crippen LogP contribution in [-0.4, -0.2) is 29.9 Å². The van der Waals surface area contributed by atoms with Crippen molar-refractivity contribution in [2.45, 2.75) is 12.8 Å². The first-order chi connectivity index (χ1) is 16.5. The zero-order valence-electron chi connectivity index (χ0n) is 17.4. The number of nitrogens with zero attached hydrogens (tertiary/aromatic N) is 5. The third kappa shape index (κ3) is 4.48. The molecule has 0 amide bonds. The first-order valence-corrected chi connectivity index (χ1v) is 11.3. The summed E-state index contributed by atoms with van der Waals surface area (Å²) in [7, 11) is 0. The number of halogens is 3. The van der Waals surface area contributed by atoms with Crippen LogP contribution in [0.2, 0.25) is 15.1 Å². The monoisotopic (exact) mass is 512 g/mol. The quantitative estimate of drug-likeness (QED) is 0.325. The maximum atomic E-state index is 11.6. The van der Waals surface area contributed by atoms with E-state index in [0.717, 1.165) is 0 Å². The van der Waals surface area contributed by atoms with Crippen molar-refractivity contribution in [3.05, 3.63) is 97.9 Å². The lowest BCUT2D eigenvalue weighted by Gasteiger charge is -2.13. The Kier molecular flexibility index (Phi) is 6.19. The van der Waals surface area contributed by atoms with Gasteiger partial charge in [-0.25, -0.2) is 0 Å². The zero-order valence-corrected chi connectivity index (χ0v) is 19.6. The van der Waals surface area contributed by atoms with Gasteiger partial charge in [0.2, 0.25) is 17.3 Å². The first-order valence-electron chi connectivity index (χ1n) is 10.2. The molecule has 2 aromatic carbocycles. The highest BCUT2D eigenvalue weighted by Crippen LogP contribution is 2.33. The van der Waals surface area contributed by atoms with Crippen LogP contribution in [0.3, 0.4) is 0 Å². The molecular weight excluding hydrogens is 499 g/mol. The lowest BCUT2D eigenvalue weighted by atomic mass is 10.2. The normalized spacial score (nSPS) is 11.1. The highest BCUT2D eigenvalue weighted by atomic mass is 35.5. The molecule has 0 spiro atoms. The number of hydrogen-bond donors (Lipinski definition) is 1. The number of pyridine rings is 1. The summed E-state index contributed by atoms with van der Waals surface area (Å²) in [6.07, 6.45) is 2.35. The summed E-state index contributed by atoms with van der Waals surface area (Å²) in [6.45, 7) is 0. The van der Waals surface area contributed by atoms with Crippen LogP contribution in [0, 0.1) is 0 Å². The number of aryl methyl sites for hydroxylation is 2. The van der Waals surface area contributed by atoms with Crippen molar-refractivity contribution in [1.82, 2.24) is 29.9 Å². The molecule has 0 unspecified atom stereocenters. The molecule has 0 aliphatic heterocycles. The van der Waals surface area contributed by atoms with Crippen molar-refractivity contribution in [3.63, 3.8) is 0 Å². The Bertz CT molecular complexity index is 1540. The minimum absolute atomic E-state index is 0.251. The molecule has 5 rings (SSSR count). The zero-order chi connectivity index (χ0) is 23.7. The SMILES string of the molecule is O=c1cc(-c2nnc(CCc3nnc(-c4ccc(Cl)cc4Cl)n3-c3ccccc3Cl)o2)cc[nH]1. The van der Waals surface area contributed by atoms with Crippen LogP contribution in [0.25, 0.3) is 28.5 Å². The lowest BCUT2D eigenvalue weighted by Crippen LogP contribution is -2.06. The van der Waals surface area contributed by atoms with E-state index in [1.54, 1.807) is 30.3 Å². The highest BCUT2D eigenvalue weighted by Gasteiger charge is 2.20. The standard InChI is InChI=1S/C23H15Cl3N6O2/c24-14-5-6-15(17(26)12-14)22-30-28-19(32(22)18-4-2-1-3-16(18)25)7-8-21-29-31-23(34-21)13-9-10-27-20(33)11-13/h1-6,9-12H,7-8H2,(H,27,33). The summed E-state index contributed by atoms with van der Waals surface area (Å²) >= 11 is 19.0. The molecule has 0 saturated carbocycles. The van der Waals surface area contributed by atoms with Crippen molar-refractivity contribution in [2.75, 3.05) is 0 Å². The molecule has 5 aromatic rings. The van der Waals surface area contributed by atoms with Gasteiger partial charge in [0.1, 0.15) is 5.82 Å². The topological polar surface area (TPSA) is 102 Å². The molecule has 3 aromatic heterocycles. The summed E-state index contributed by atoms with van der Waals surface area (Å²) in [5.74, 6) is 1.82. The highest BCUT2D eigenvalue weighted by molar-refractivity contribution is 6.36.